The number of fused-ring (bicyclic) bond motifs is 1. The van der Waals surface area contributed by atoms with Crippen molar-refractivity contribution >= 4 is 38.2 Å². The monoisotopic (exact) mass is 317 g/mol. The number of pyridine rings is 1. The first kappa shape index (κ1) is 11.9. The molecule has 0 fully saturated rings. The molecule has 1 nitrogen and oxygen atoms in total. The number of rotatable bonds is 2. The van der Waals surface area contributed by atoms with Crippen LogP contribution in [0.3, 0.4) is 0 Å². The van der Waals surface area contributed by atoms with E-state index in [4.69, 9.17) is 0 Å². The van der Waals surface area contributed by atoms with Gasteiger partial charge in [0.05, 0.1) is 9.30 Å². The summed E-state index contributed by atoms with van der Waals surface area (Å²) in [7, 11) is 0. The molecule has 0 aliphatic rings. The highest BCUT2D eigenvalue weighted by Crippen LogP contribution is 2.30. The molecule has 0 radical (unpaired) electrons. The Kier molecular flexibility index (Phi) is 3.18. The van der Waals surface area contributed by atoms with Crippen molar-refractivity contribution in [2.45, 2.75) is 13.3 Å². The molecular formula is C15H12BrNS. The van der Waals surface area contributed by atoms with E-state index >= 15 is 0 Å². The number of hydrogen-bond acceptors (Lipinski definition) is 2. The summed E-state index contributed by atoms with van der Waals surface area (Å²) in [5.41, 5.74) is 3.72. The van der Waals surface area contributed by atoms with Crippen LogP contribution in [0, 0.1) is 6.92 Å². The molecule has 0 aliphatic carbocycles. The molecule has 0 spiro atoms. The van der Waals surface area contributed by atoms with Gasteiger partial charge in [0.25, 0.3) is 0 Å². The molecule has 1 aromatic carbocycles. The number of aryl methyl sites for hydroxylation is 1. The average Bonchev–Trinajstić information content (AvgIpc) is 2.69. The molecule has 0 saturated heterocycles. The third kappa shape index (κ3) is 2.20. The zero-order valence-corrected chi connectivity index (χ0v) is 12.4. The second kappa shape index (κ2) is 4.82. The fraction of sp³-hybridized carbons (Fsp3) is 0.133. The first-order valence-electron chi connectivity index (χ1n) is 5.81. The second-order valence-corrected chi connectivity index (χ2v) is 6.79. The van der Waals surface area contributed by atoms with Gasteiger partial charge in [-0.1, -0.05) is 24.3 Å². The van der Waals surface area contributed by atoms with Gasteiger partial charge in [-0.05, 0) is 46.1 Å². The summed E-state index contributed by atoms with van der Waals surface area (Å²) in [6.45, 7) is 2.13. The Labute approximate surface area is 119 Å². The minimum absolute atomic E-state index is 0.950. The van der Waals surface area contributed by atoms with Crippen LogP contribution >= 0.6 is 27.3 Å². The van der Waals surface area contributed by atoms with E-state index in [1.54, 1.807) is 11.3 Å². The van der Waals surface area contributed by atoms with Gasteiger partial charge in [-0.25, -0.2) is 0 Å². The summed E-state index contributed by atoms with van der Waals surface area (Å²) >= 11 is 5.39. The molecule has 2 heterocycles. The van der Waals surface area contributed by atoms with E-state index < -0.39 is 0 Å². The molecule has 18 heavy (non-hydrogen) atoms. The summed E-state index contributed by atoms with van der Waals surface area (Å²) in [5, 5.41) is 1.21. The van der Waals surface area contributed by atoms with Crippen molar-refractivity contribution in [1.29, 1.82) is 0 Å². The van der Waals surface area contributed by atoms with E-state index in [1.165, 1.54) is 25.2 Å². The molecule has 0 atom stereocenters. The van der Waals surface area contributed by atoms with Crippen molar-refractivity contribution in [2.75, 3.05) is 0 Å². The quantitative estimate of drug-likeness (QED) is 0.651. The van der Waals surface area contributed by atoms with E-state index in [0.29, 0.717) is 0 Å². The van der Waals surface area contributed by atoms with Crippen LogP contribution in [-0.2, 0) is 6.42 Å². The lowest BCUT2D eigenvalue weighted by Gasteiger charge is -2.03. The van der Waals surface area contributed by atoms with Crippen LogP contribution in [0.15, 0.2) is 46.4 Å². The summed E-state index contributed by atoms with van der Waals surface area (Å²) in [6.07, 6.45) is 2.81. The standard InChI is InChI=1S/C15H12BrNS/c1-10-8-13(18-15(10)16)9-12-5-2-4-11-6-3-7-17-14(11)12/h2-8H,9H2,1H3. The molecule has 0 amide bonds. The van der Waals surface area contributed by atoms with Crippen LogP contribution in [-0.4, -0.2) is 4.98 Å². The number of nitrogens with zero attached hydrogens (tertiary/aromatic N) is 1. The summed E-state index contributed by atoms with van der Waals surface area (Å²) in [6, 6.07) is 12.7. The lowest BCUT2D eigenvalue weighted by molar-refractivity contribution is 1.23. The largest absolute Gasteiger partial charge is 0.256 e. The molecule has 3 aromatic rings. The van der Waals surface area contributed by atoms with E-state index in [1.807, 2.05) is 12.3 Å². The summed E-state index contributed by atoms with van der Waals surface area (Å²) < 4.78 is 1.23. The van der Waals surface area contributed by atoms with Crippen LogP contribution in [0.1, 0.15) is 16.0 Å². The molecule has 2 aromatic heterocycles. The van der Waals surface area contributed by atoms with Crippen molar-refractivity contribution in [2.24, 2.45) is 0 Å². The van der Waals surface area contributed by atoms with Gasteiger partial charge in [0.2, 0.25) is 0 Å². The van der Waals surface area contributed by atoms with Crippen LogP contribution in [0.4, 0.5) is 0 Å². The predicted molar refractivity (Wildman–Crippen MR) is 81.3 cm³/mol. The highest BCUT2D eigenvalue weighted by Gasteiger charge is 2.07. The molecule has 0 aliphatic heterocycles. The lowest BCUT2D eigenvalue weighted by atomic mass is 10.1. The summed E-state index contributed by atoms with van der Waals surface area (Å²) in [4.78, 5) is 5.87. The third-order valence-electron chi connectivity index (χ3n) is 2.99. The van der Waals surface area contributed by atoms with Crippen LogP contribution in [0.2, 0.25) is 0 Å². The number of thiophene rings is 1. The SMILES string of the molecule is Cc1cc(Cc2cccc3cccnc23)sc1Br. The van der Waals surface area contributed by atoms with E-state index in [9.17, 15) is 0 Å². The minimum Gasteiger partial charge on any atom is -0.256 e. The van der Waals surface area contributed by atoms with Crippen LogP contribution < -0.4 is 0 Å². The first-order chi connectivity index (χ1) is 8.74. The normalized spacial score (nSPS) is 11.0. The highest BCUT2D eigenvalue weighted by atomic mass is 79.9. The van der Waals surface area contributed by atoms with Gasteiger partial charge in [-0.3, -0.25) is 4.98 Å². The first-order valence-corrected chi connectivity index (χ1v) is 7.42. The second-order valence-electron chi connectivity index (χ2n) is 4.34. The lowest BCUT2D eigenvalue weighted by Crippen LogP contribution is -1.89. The van der Waals surface area contributed by atoms with Gasteiger partial charge in [0.15, 0.2) is 0 Å². The number of hydrogen-bond donors (Lipinski definition) is 0. The predicted octanol–water partition coefficient (Wildman–Crippen LogP) is 4.96. The maximum atomic E-state index is 4.50. The Morgan fingerprint density at radius 3 is 2.83 bits per heavy atom. The average molecular weight is 318 g/mol. The van der Waals surface area contributed by atoms with Crippen molar-refractivity contribution in [1.82, 2.24) is 4.98 Å². The molecule has 0 bridgehead atoms. The molecule has 3 rings (SSSR count). The maximum absolute atomic E-state index is 4.50. The van der Waals surface area contributed by atoms with E-state index in [-0.39, 0.29) is 0 Å². The molecule has 90 valence electrons. The molecule has 0 unspecified atom stereocenters. The van der Waals surface area contributed by atoms with Gasteiger partial charge in [-0.2, -0.15) is 0 Å². The topological polar surface area (TPSA) is 12.9 Å². The minimum atomic E-state index is 0.950. The highest BCUT2D eigenvalue weighted by molar-refractivity contribution is 9.11. The van der Waals surface area contributed by atoms with Crippen LogP contribution in [0.25, 0.3) is 10.9 Å². The molecule has 0 N–H and O–H groups in total. The number of aromatic nitrogens is 1. The molecule has 3 heteroatoms. The smallest absolute Gasteiger partial charge is 0.0737 e. The zero-order chi connectivity index (χ0) is 12.5. The number of benzene rings is 1. The van der Waals surface area contributed by atoms with Gasteiger partial charge in [-0.15, -0.1) is 11.3 Å². The Morgan fingerprint density at radius 1 is 1.22 bits per heavy atom. The fourth-order valence-electron chi connectivity index (χ4n) is 2.11. The molecule has 0 saturated carbocycles. The Morgan fingerprint density at radius 2 is 2.06 bits per heavy atom. The fourth-order valence-corrected chi connectivity index (χ4v) is 3.76. The van der Waals surface area contributed by atoms with Gasteiger partial charge < -0.3 is 0 Å². The maximum Gasteiger partial charge on any atom is 0.0737 e. The Hall–Kier alpha value is -1.19. The van der Waals surface area contributed by atoms with Crippen molar-refractivity contribution in [3.8, 4) is 0 Å². The number of halogens is 1. The van der Waals surface area contributed by atoms with Gasteiger partial charge in [0.1, 0.15) is 0 Å². The zero-order valence-electron chi connectivity index (χ0n) is 9.98. The van der Waals surface area contributed by atoms with Gasteiger partial charge in [0, 0.05) is 22.9 Å². The van der Waals surface area contributed by atoms with E-state index in [0.717, 1.165) is 11.9 Å². The van der Waals surface area contributed by atoms with Crippen molar-refractivity contribution < 1.29 is 0 Å². The number of para-hydroxylation sites is 1. The van der Waals surface area contributed by atoms with Crippen LogP contribution in [0.5, 0.6) is 0 Å². The third-order valence-corrected chi connectivity index (χ3v) is 5.13. The summed E-state index contributed by atoms with van der Waals surface area (Å²) in [5.74, 6) is 0. The van der Waals surface area contributed by atoms with E-state index in [2.05, 4.69) is 58.2 Å². The molecular weight excluding hydrogens is 306 g/mol. The van der Waals surface area contributed by atoms with Crippen molar-refractivity contribution in [3.63, 3.8) is 0 Å². The van der Waals surface area contributed by atoms with Crippen molar-refractivity contribution in [3.05, 3.63) is 62.4 Å². The Balaban J connectivity index is 2.04. The Bertz CT molecular complexity index is 678. The van der Waals surface area contributed by atoms with Gasteiger partial charge >= 0.3 is 0 Å².